The Morgan fingerprint density at radius 1 is 0.750 bits per heavy atom. The summed E-state index contributed by atoms with van der Waals surface area (Å²) >= 11 is 0. The maximum Gasteiger partial charge on any atom is 0.433 e. The van der Waals surface area contributed by atoms with E-state index in [1.54, 1.807) is 0 Å². The average Bonchev–Trinajstić information content (AvgIpc) is 3.23. The Hall–Kier alpha value is -4.03. The lowest BCUT2D eigenvalue weighted by Crippen LogP contribution is -2.10. The van der Waals surface area contributed by atoms with Gasteiger partial charge in [-0.15, -0.1) is 0 Å². The van der Waals surface area contributed by atoms with E-state index in [1.807, 2.05) is 0 Å². The van der Waals surface area contributed by atoms with Gasteiger partial charge < -0.3 is 10.3 Å². The van der Waals surface area contributed by atoms with E-state index in [2.05, 4.69) is 25.1 Å². The highest BCUT2D eigenvalue weighted by Gasteiger charge is 2.35. The highest BCUT2D eigenvalue weighted by molar-refractivity contribution is 5.63. The second-order valence-electron chi connectivity index (χ2n) is 6.43. The van der Waals surface area contributed by atoms with Gasteiger partial charge in [-0.05, 0) is 30.3 Å². The second kappa shape index (κ2) is 7.59. The first kappa shape index (κ1) is 21.2. The molecule has 4 aromatic rings. The third kappa shape index (κ3) is 4.36. The predicted molar refractivity (Wildman–Crippen MR) is 98.4 cm³/mol. The summed E-state index contributed by atoms with van der Waals surface area (Å²) < 4.78 is 83.5. The van der Waals surface area contributed by atoms with Gasteiger partial charge in [0.05, 0.1) is 16.8 Å². The third-order valence-corrected chi connectivity index (χ3v) is 4.18. The first-order chi connectivity index (χ1) is 15.0. The van der Waals surface area contributed by atoms with Gasteiger partial charge >= 0.3 is 12.4 Å². The van der Waals surface area contributed by atoms with Gasteiger partial charge in [-0.1, -0.05) is 17.3 Å². The molecule has 3 aromatic heterocycles. The normalized spacial score (nSPS) is 12.2. The number of nitrogens with two attached hydrogens (primary N) is 1. The van der Waals surface area contributed by atoms with Crippen LogP contribution in [0.1, 0.15) is 11.3 Å². The minimum Gasteiger partial charge on any atom is -0.384 e. The number of halogens is 6. The molecule has 4 rings (SSSR count). The summed E-state index contributed by atoms with van der Waals surface area (Å²) in [6, 6.07) is 7.10. The van der Waals surface area contributed by atoms with E-state index >= 15 is 0 Å². The van der Waals surface area contributed by atoms with Crippen molar-refractivity contribution in [2.75, 3.05) is 5.73 Å². The molecule has 164 valence electrons. The molecule has 0 radical (unpaired) electrons. The Morgan fingerprint density at radius 2 is 1.44 bits per heavy atom. The van der Waals surface area contributed by atoms with Gasteiger partial charge in [-0.3, -0.25) is 0 Å². The summed E-state index contributed by atoms with van der Waals surface area (Å²) in [5.41, 5.74) is 3.32. The minimum absolute atomic E-state index is 0.0126. The van der Waals surface area contributed by atoms with Crippen molar-refractivity contribution >= 4 is 5.82 Å². The van der Waals surface area contributed by atoms with Crippen LogP contribution in [0.2, 0.25) is 0 Å². The maximum atomic E-state index is 13.4. The summed E-state index contributed by atoms with van der Waals surface area (Å²) in [6.07, 6.45) is -8.12. The number of rotatable bonds is 3. The minimum atomic E-state index is -4.86. The Labute approximate surface area is 175 Å². The van der Waals surface area contributed by atoms with Crippen LogP contribution in [0.3, 0.4) is 0 Å². The lowest BCUT2D eigenvalue weighted by molar-refractivity contribution is -0.141. The Balaban J connectivity index is 1.77. The van der Waals surface area contributed by atoms with E-state index < -0.39 is 29.4 Å². The number of nitrogen functional groups attached to an aromatic ring is 1. The standard InChI is InChI=1S/C19H10F6N6O/c20-18(21,22)11-4-1-9(2-5-11)12-7-13(19(23,24)25)29-15(28-12)16-30-17(32-31-16)10-3-6-14(26)27-8-10/h1-8H,(H2,26,27). The first-order valence-electron chi connectivity index (χ1n) is 8.70. The molecule has 0 bridgehead atoms. The van der Waals surface area contributed by atoms with Crippen molar-refractivity contribution in [1.29, 1.82) is 0 Å². The van der Waals surface area contributed by atoms with E-state index in [4.69, 9.17) is 10.3 Å². The number of aromatic nitrogens is 5. The zero-order chi connectivity index (χ0) is 23.1. The fourth-order valence-corrected chi connectivity index (χ4v) is 2.63. The molecular formula is C19H10F6N6O. The predicted octanol–water partition coefficient (Wildman–Crippen LogP) is 4.88. The average molecular weight is 452 g/mol. The summed E-state index contributed by atoms with van der Waals surface area (Å²) in [7, 11) is 0. The molecular weight excluding hydrogens is 442 g/mol. The highest BCUT2D eigenvalue weighted by Crippen LogP contribution is 2.34. The van der Waals surface area contributed by atoms with Gasteiger partial charge in [0.15, 0.2) is 0 Å². The van der Waals surface area contributed by atoms with Crippen LogP contribution in [0.5, 0.6) is 0 Å². The van der Waals surface area contributed by atoms with Crippen LogP contribution in [0, 0.1) is 0 Å². The molecule has 32 heavy (non-hydrogen) atoms. The van der Waals surface area contributed by atoms with Crippen molar-refractivity contribution in [3.8, 4) is 34.4 Å². The SMILES string of the molecule is Nc1ccc(-c2nc(-c3nc(-c4ccc(C(F)(F)F)cc4)cc(C(F)(F)F)n3)no2)cn1. The van der Waals surface area contributed by atoms with Crippen molar-refractivity contribution in [3.63, 3.8) is 0 Å². The molecule has 13 heteroatoms. The quantitative estimate of drug-likeness (QED) is 0.442. The lowest BCUT2D eigenvalue weighted by atomic mass is 10.1. The van der Waals surface area contributed by atoms with Crippen LogP contribution in [-0.2, 0) is 12.4 Å². The molecule has 0 unspecified atom stereocenters. The summed E-state index contributed by atoms with van der Waals surface area (Å²) in [5, 5.41) is 3.60. The molecule has 0 spiro atoms. The van der Waals surface area contributed by atoms with Gasteiger partial charge in [-0.2, -0.15) is 31.3 Å². The number of anilines is 1. The molecule has 0 aliphatic heterocycles. The van der Waals surface area contributed by atoms with Crippen LogP contribution in [-0.4, -0.2) is 25.1 Å². The third-order valence-electron chi connectivity index (χ3n) is 4.18. The Bertz CT molecular complexity index is 1250. The van der Waals surface area contributed by atoms with E-state index in [-0.39, 0.29) is 28.8 Å². The van der Waals surface area contributed by atoms with Crippen molar-refractivity contribution < 1.29 is 30.9 Å². The van der Waals surface area contributed by atoms with Gasteiger partial charge in [0, 0.05) is 11.8 Å². The monoisotopic (exact) mass is 452 g/mol. The van der Waals surface area contributed by atoms with E-state index in [0.717, 1.165) is 24.3 Å². The molecule has 3 heterocycles. The number of hydrogen-bond acceptors (Lipinski definition) is 7. The molecule has 0 saturated carbocycles. The molecule has 0 aliphatic carbocycles. The zero-order valence-corrected chi connectivity index (χ0v) is 15.6. The van der Waals surface area contributed by atoms with Crippen LogP contribution >= 0.6 is 0 Å². The molecule has 1 aromatic carbocycles. The van der Waals surface area contributed by atoms with Gasteiger partial charge in [0.1, 0.15) is 11.5 Å². The van der Waals surface area contributed by atoms with Gasteiger partial charge in [0.25, 0.3) is 5.89 Å². The first-order valence-corrected chi connectivity index (χ1v) is 8.70. The molecule has 0 fully saturated rings. The molecule has 0 saturated heterocycles. The Morgan fingerprint density at radius 3 is 2.03 bits per heavy atom. The summed E-state index contributed by atoms with van der Waals surface area (Å²) in [4.78, 5) is 15.3. The smallest absolute Gasteiger partial charge is 0.384 e. The van der Waals surface area contributed by atoms with Crippen LogP contribution in [0.4, 0.5) is 32.2 Å². The summed E-state index contributed by atoms with van der Waals surface area (Å²) in [6.45, 7) is 0. The van der Waals surface area contributed by atoms with E-state index in [9.17, 15) is 26.3 Å². The van der Waals surface area contributed by atoms with Gasteiger partial charge in [-0.25, -0.2) is 15.0 Å². The molecule has 0 atom stereocenters. The van der Waals surface area contributed by atoms with Crippen molar-refractivity contribution in [1.82, 2.24) is 25.1 Å². The molecule has 0 aliphatic rings. The number of hydrogen-bond donors (Lipinski definition) is 1. The number of pyridine rings is 1. The number of benzene rings is 1. The van der Waals surface area contributed by atoms with Gasteiger partial charge in [0.2, 0.25) is 11.6 Å². The fourth-order valence-electron chi connectivity index (χ4n) is 2.63. The van der Waals surface area contributed by atoms with Crippen LogP contribution < -0.4 is 5.73 Å². The topological polar surface area (TPSA) is 104 Å². The van der Waals surface area contributed by atoms with Crippen molar-refractivity contribution in [2.24, 2.45) is 0 Å². The molecule has 7 nitrogen and oxygen atoms in total. The molecule has 0 amide bonds. The maximum absolute atomic E-state index is 13.4. The van der Waals surface area contributed by atoms with Crippen LogP contribution in [0.25, 0.3) is 34.4 Å². The zero-order valence-electron chi connectivity index (χ0n) is 15.6. The Kier molecular flexibility index (Phi) is 5.03. The molecule has 2 N–H and O–H groups in total. The number of alkyl halides is 6. The largest absolute Gasteiger partial charge is 0.433 e. The van der Waals surface area contributed by atoms with Crippen LogP contribution in [0.15, 0.2) is 53.2 Å². The number of nitrogens with zero attached hydrogens (tertiary/aromatic N) is 5. The second-order valence-corrected chi connectivity index (χ2v) is 6.43. The van der Waals surface area contributed by atoms with Crippen molar-refractivity contribution in [3.05, 3.63) is 59.9 Å². The summed E-state index contributed by atoms with van der Waals surface area (Å²) in [5.74, 6) is -0.704. The highest BCUT2D eigenvalue weighted by atomic mass is 19.4. The van der Waals surface area contributed by atoms with Crippen molar-refractivity contribution in [2.45, 2.75) is 12.4 Å². The fraction of sp³-hybridized carbons (Fsp3) is 0.105. The van der Waals surface area contributed by atoms with E-state index in [1.165, 1.54) is 18.3 Å². The van der Waals surface area contributed by atoms with E-state index in [0.29, 0.717) is 11.6 Å². The lowest BCUT2D eigenvalue weighted by Gasteiger charge is -2.10.